The van der Waals surface area contributed by atoms with Crippen LogP contribution in [0, 0.1) is 0 Å². The number of benzene rings is 1. The SMILES string of the molecule is NCc1ccc(OCCCN2CCOCC2C(N)=O)cc1. The van der Waals surface area contributed by atoms with Crippen LogP contribution in [0.3, 0.4) is 0 Å². The van der Waals surface area contributed by atoms with E-state index in [4.69, 9.17) is 20.9 Å². The smallest absolute Gasteiger partial charge is 0.237 e. The fraction of sp³-hybridized carbons (Fsp3) is 0.533. The van der Waals surface area contributed by atoms with E-state index in [1.165, 1.54) is 0 Å². The Morgan fingerprint density at radius 3 is 2.81 bits per heavy atom. The number of nitrogens with zero attached hydrogens (tertiary/aromatic N) is 1. The summed E-state index contributed by atoms with van der Waals surface area (Å²) in [5.41, 5.74) is 12.0. The molecule has 6 nitrogen and oxygen atoms in total. The molecule has 1 fully saturated rings. The number of nitrogens with two attached hydrogens (primary N) is 2. The summed E-state index contributed by atoms with van der Waals surface area (Å²) in [5, 5.41) is 0. The van der Waals surface area contributed by atoms with Crippen molar-refractivity contribution in [2.75, 3.05) is 32.9 Å². The van der Waals surface area contributed by atoms with Crippen LogP contribution in [0.5, 0.6) is 5.75 Å². The Bertz CT molecular complexity index is 450. The summed E-state index contributed by atoms with van der Waals surface area (Å²) in [7, 11) is 0. The number of carbonyl (C=O) groups is 1. The monoisotopic (exact) mass is 293 g/mol. The third-order valence-electron chi connectivity index (χ3n) is 3.59. The van der Waals surface area contributed by atoms with E-state index in [9.17, 15) is 4.79 Å². The summed E-state index contributed by atoms with van der Waals surface area (Å²) in [4.78, 5) is 13.4. The molecule has 2 rings (SSSR count). The lowest BCUT2D eigenvalue weighted by atomic mass is 10.2. The molecule has 4 N–H and O–H groups in total. The number of hydrogen-bond donors (Lipinski definition) is 2. The second-order valence-corrected chi connectivity index (χ2v) is 5.08. The van der Waals surface area contributed by atoms with Crippen LogP contribution in [0.1, 0.15) is 12.0 Å². The Kier molecular flexibility index (Phi) is 5.98. The molecule has 1 unspecified atom stereocenters. The lowest BCUT2D eigenvalue weighted by Crippen LogP contribution is -2.52. The van der Waals surface area contributed by atoms with Crippen LogP contribution in [0.2, 0.25) is 0 Å². The van der Waals surface area contributed by atoms with Crippen molar-refractivity contribution in [2.45, 2.75) is 19.0 Å². The van der Waals surface area contributed by atoms with Gasteiger partial charge in [0.15, 0.2) is 0 Å². The summed E-state index contributed by atoms with van der Waals surface area (Å²) < 4.78 is 11.0. The summed E-state index contributed by atoms with van der Waals surface area (Å²) in [6.45, 7) is 3.68. The number of rotatable bonds is 7. The van der Waals surface area contributed by atoms with Crippen molar-refractivity contribution in [1.29, 1.82) is 0 Å². The van der Waals surface area contributed by atoms with Gasteiger partial charge in [0.1, 0.15) is 11.8 Å². The average molecular weight is 293 g/mol. The van der Waals surface area contributed by atoms with Crippen molar-refractivity contribution in [3.63, 3.8) is 0 Å². The van der Waals surface area contributed by atoms with E-state index in [0.717, 1.165) is 30.8 Å². The van der Waals surface area contributed by atoms with Crippen LogP contribution in [0.25, 0.3) is 0 Å². The van der Waals surface area contributed by atoms with E-state index >= 15 is 0 Å². The largest absolute Gasteiger partial charge is 0.494 e. The van der Waals surface area contributed by atoms with E-state index < -0.39 is 0 Å². The van der Waals surface area contributed by atoms with Gasteiger partial charge >= 0.3 is 0 Å². The highest BCUT2D eigenvalue weighted by Gasteiger charge is 2.26. The third-order valence-corrected chi connectivity index (χ3v) is 3.59. The number of ether oxygens (including phenoxy) is 2. The van der Waals surface area contributed by atoms with Gasteiger partial charge in [-0.25, -0.2) is 0 Å². The number of amides is 1. The third kappa shape index (κ3) is 4.70. The summed E-state index contributed by atoms with van der Waals surface area (Å²) in [6.07, 6.45) is 0.836. The fourth-order valence-electron chi connectivity index (χ4n) is 2.35. The first-order valence-electron chi connectivity index (χ1n) is 7.23. The minimum absolute atomic E-state index is 0.317. The van der Waals surface area contributed by atoms with Crippen LogP contribution in [-0.2, 0) is 16.1 Å². The molecule has 116 valence electrons. The van der Waals surface area contributed by atoms with Crippen molar-refractivity contribution in [3.8, 4) is 5.75 Å². The lowest BCUT2D eigenvalue weighted by Gasteiger charge is -2.33. The first-order valence-corrected chi connectivity index (χ1v) is 7.23. The van der Waals surface area contributed by atoms with Crippen molar-refractivity contribution in [2.24, 2.45) is 11.5 Å². The molecule has 1 saturated heterocycles. The molecule has 21 heavy (non-hydrogen) atoms. The first kappa shape index (κ1) is 15.8. The maximum absolute atomic E-state index is 11.3. The van der Waals surface area contributed by atoms with Crippen molar-refractivity contribution in [3.05, 3.63) is 29.8 Å². The standard InChI is InChI=1S/C15H23N3O3/c16-10-12-2-4-13(5-3-12)21-8-1-6-18-7-9-20-11-14(18)15(17)19/h2-5,14H,1,6-11,16H2,(H2,17,19). The van der Waals surface area contributed by atoms with E-state index in [-0.39, 0.29) is 11.9 Å². The highest BCUT2D eigenvalue weighted by atomic mass is 16.5. The molecule has 1 amide bonds. The first-order chi connectivity index (χ1) is 10.2. The van der Waals surface area contributed by atoms with Gasteiger partial charge in [0.25, 0.3) is 0 Å². The Morgan fingerprint density at radius 1 is 1.38 bits per heavy atom. The number of primary amides is 1. The molecule has 0 bridgehead atoms. The summed E-state index contributed by atoms with van der Waals surface area (Å²) >= 11 is 0. The van der Waals surface area contributed by atoms with E-state index in [1.54, 1.807) is 0 Å². The van der Waals surface area contributed by atoms with E-state index in [2.05, 4.69) is 4.90 Å². The van der Waals surface area contributed by atoms with Crippen molar-refractivity contribution in [1.82, 2.24) is 4.90 Å². The van der Waals surface area contributed by atoms with Crippen molar-refractivity contribution >= 4 is 5.91 Å². The molecule has 0 radical (unpaired) electrons. The zero-order valence-corrected chi connectivity index (χ0v) is 12.2. The van der Waals surface area contributed by atoms with Crippen LogP contribution >= 0.6 is 0 Å². The maximum atomic E-state index is 11.3. The Hall–Kier alpha value is -1.63. The Morgan fingerprint density at radius 2 is 2.14 bits per heavy atom. The van der Waals surface area contributed by atoms with E-state index in [0.29, 0.717) is 26.4 Å². The highest BCUT2D eigenvalue weighted by Crippen LogP contribution is 2.12. The number of hydrogen-bond acceptors (Lipinski definition) is 5. The molecule has 1 aromatic carbocycles. The zero-order valence-electron chi connectivity index (χ0n) is 12.2. The Balaban J connectivity index is 1.71. The van der Waals surface area contributed by atoms with Crippen molar-refractivity contribution < 1.29 is 14.3 Å². The minimum Gasteiger partial charge on any atom is -0.494 e. The fourth-order valence-corrected chi connectivity index (χ4v) is 2.35. The molecule has 0 spiro atoms. The zero-order chi connectivity index (χ0) is 15.1. The predicted octanol–water partition coefficient (Wildman–Crippen LogP) is 0.100. The van der Waals surface area contributed by atoms with Crippen LogP contribution in [0.4, 0.5) is 0 Å². The molecule has 6 heteroatoms. The lowest BCUT2D eigenvalue weighted by molar-refractivity contribution is -0.129. The molecule has 0 saturated carbocycles. The summed E-state index contributed by atoms with van der Waals surface area (Å²) in [5.74, 6) is 0.508. The van der Waals surface area contributed by atoms with Gasteiger partial charge in [-0.3, -0.25) is 9.69 Å². The van der Waals surface area contributed by atoms with Crippen LogP contribution < -0.4 is 16.2 Å². The van der Waals surface area contributed by atoms with Gasteiger partial charge in [0.05, 0.1) is 19.8 Å². The van der Waals surface area contributed by atoms with Crippen LogP contribution in [-0.4, -0.2) is 49.8 Å². The molecule has 1 atom stereocenters. The molecule has 1 heterocycles. The molecule has 1 aromatic rings. The second kappa shape index (κ2) is 7.97. The topological polar surface area (TPSA) is 90.8 Å². The molecule has 0 aromatic heterocycles. The van der Waals surface area contributed by atoms with Gasteiger partial charge in [-0.2, -0.15) is 0 Å². The molecule has 0 aliphatic carbocycles. The average Bonchev–Trinajstić information content (AvgIpc) is 2.52. The highest BCUT2D eigenvalue weighted by molar-refractivity contribution is 5.80. The quantitative estimate of drug-likeness (QED) is 0.696. The molecule has 1 aliphatic rings. The van der Waals surface area contributed by atoms with Gasteiger partial charge in [-0.15, -0.1) is 0 Å². The van der Waals surface area contributed by atoms with Gasteiger partial charge in [0.2, 0.25) is 5.91 Å². The Labute approximate surface area is 125 Å². The predicted molar refractivity (Wildman–Crippen MR) is 79.8 cm³/mol. The van der Waals surface area contributed by atoms with E-state index in [1.807, 2.05) is 24.3 Å². The number of morpholine rings is 1. The van der Waals surface area contributed by atoms with Gasteiger partial charge in [0, 0.05) is 19.6 Å². The van der Waals surface area contributed by atoms with Crippen LogP contribution in [0.15, 0.2) is 24.3 Å². The number of carbonyl (C=O) groups excluding carboxylic acids is 1. The second-order valence-electron chi connectivity index (χ2n) is 5.08. The van der Waals surface area contributed by atoms with Gasteiger partial charge in [-0.05, 0) is 24.1 Å². The molecular formula is C15H23N3O3. The van der Waals surface area contributed by atoms with Gasteiger partial charge in [-0.1, -0.05) is 12.1 Å². The summed E-state index contributed by atoms with van der Waals surface area (Å²) in [6, 6.07) is 7.44. The molecule has 1 aliphatic heterocycles. The van der Waals surface area contributed by atoms with Gasteiger partial charge < -0.3 is 20.9 Å². The normalized spacial score (nSPS) is 19.4. The molecular weight excluding hydrogens is 270 g/mol. The minimum atomic E-state index is -0.326. The maximum Gasteiger partial charge on any atom is 0.237 e.